The normalized spacial score (nSPS) is 12.5. The van der Waals surface area contributed by atoms with Crippen molar-refractivity contribution >= 4 is 28.9 Å². The van der Waals surface area contributed by atoms with Crippen LogP contribution in [0.25, 0.3) is 0 Å². The highest BCUT2D eigenvalue weighted by atomic mass is 35.5. The summed E-state index contributed by atoms with van der Waals surface area (Å²) in [6.07, 6.45) is 1.24. The van der Waals surface area contributed by atoms with Gasteiger partial charge in [-0.15, -0.1) is 11.6 Å². The van der Waals surface area contributed by atoms with E-state index in [-0.39, 0.29) is 11.1 Å². The Kier molecular flexibility index (Phi) is 4.36. The van der Waals surface area contributed by atoms with E-state index in [9.17, 15) is 10.1 Å². The van der Waals surface area contributed by atoms with Crippen LogP contribution in [0.4, 0.5) is 5.69 Å². The molecule has 5 heteroatoms. The van der Waals surface area contributed by atoms with Crippen LogP contribution in [0.2, 0.25) is 5.02 Å². The van der Waals surface area contributed by atoms with Crippen LogP contribution in [-0.4, -0.2) is 10.3 Å². The fraction of sp³-hybridized carbons (Fsp3) is 0.400. The molecule has 0 aliphatic carbocycles. The van der Waals surface area contributed by atoms with Gasteiger partial charge in [0.15, 0.2) is 0 Å². The van der Waals surface area contributed by atoms with E-state index in [1.54, 1.807) is 6.07 Å². The number of hydrogen-bond acceptors (Lipinski definition) is 2. The first kappa shape index (κ1) is 12.3. The van der Waals surface area contributed by atoms with Gasteiger partial charge in [-0.25, -0.2) is 0 Å². The van der Waals surface area contributed by atoms with Gasteiger partial charge < -0.3 is 0 Å². The first-order valence-electron chi connectivity index (χ1n) is 4.61. The van der Waals surface area contributed by atoms with Crippen LogP contribution in [-0.2, 0) is 6.42 Å². The summed E-state index contributed by atoms with van der Waals surface area (Å²) in [4.78, 5) is 10.3. The zero-order chi connectivity index (χ0) is 11.4. The Labute approximate surface area is 98.2 Å². The van der Waals surface area contributed by atoms with Crippen LogP contribution in [0, 0.1) is 10.1 Å². The monoisotopic (exact) mass is 247 g/mol. The lowest BCUT2D eigenvalue weighted by Gasteiger charge is -2.07. The molecule has 0 fully saturated rings. The molecular formula is C10H11Cl2NO2. The molecule has 0 aromatic heterocycles. The summed E-state index contributed by atoms with van der Waals surface area (Å²) < 4.78 is 0. The summed E-state index contributed by atoms with van der Waals surface area (Å²) in [7, 11) is 0. The third kappa shape index (κ3) is 3.36. The maximum absolute atomic E-state index is 10.7. The molecule has 82 valence electrons. The molecule has 0 aliphatic heterocycles. The van der Waals surface area contributed by atoms with Crippen molar-refractivity contribution in [2.75, 3.05) is 0 Å². The van der Waals surface area contributed by atoms with Gasteiger partial charge >= 0.3 is 0 Å². The summed E-state index contributed by atoms with van der Waals surface area (Å²) in [6, 6.07) is 4.53. The molecule has 1 aromatic rings. The number of nitro benzene ring substituents is 1. The molecule has 0 saturated heterocycles. The molecule has 0 saturated carbocycles. The van der Waals surface area contributed by atoms with Crippen molar-refractivity contribution in [3.63, 3.8) is 0 Å². The highest BCUT2D eigenvalue weighted by Crippen LogP contribution is 2.25. The lowest BCUT2D eigenvalue weighted by Crippen LogP contribution is -2.04. The van der Waals surface area contributed by atoms with E-state index in [1.165, 1.54) is 12.1 Å². The van der Waals surface area contributed by atoms with Gasteiger partial charge in [0.2, 0.25) is 0 Å². The molecule has 1 rings (SSSR count). The second-order valence-electron chi connectivity index (χ2n) is 3.24. The Morgan fingerprint density at radius 3 is 2.73 bits per heavy atom. The molecule has 15 heavy (non-hydrogen) atoms. The minimum atomic E-state index is -0.412. The summed E-state index contributed by atoms with van der Waals surface area (Å²) in [5.41, 5.74) is 0.674. The maximum Gasteiger partial charge on any atom is 0.272 e. The molecule has 0 radical (unpaired) electrons. The third-order valence-electron chi connectivity index (χ3n) is 2.12. The van der Waals surface area contributed by atoms with Crippen LogP contribution >= 0.6 is 23.2 Å². The van der Waals surface area contributed by atoms with E-state index < -0.39 is 4.92 Å². The highest BCUT2D eigenvalue weighted by molar-refractivity contribution is 6.30. The average molecular weight is 248 g/mol. The van der Waals surface area contributed by atoms with Crippen molar-refractivity contribution in [3.05, 3.63) is 38.9 Å². The molecule has 3 nitrogen and oxygen atoms in total. The number of nitrogens with zero attached hydrogens (tertiary/aromatic N) is 1. The van der Waals surface area contributed by atoms with E-state index in [1.807, 2.05) is 6.92 Å². The molecule has 0 spiro atoms. The number of halogens is 2. The van der Waals surface area contributed by atoms with Crippen molar-refractivity contribution in [2.24, 2.45) is 0 Å². The Morgan fingerprint density at radius 1 is 1.53 bits per heavy atom. The van der Waals surface area contributed by atoms with Gasteiger partial charge in [0.25, 0.3) is 5.69 Å². The minimum absolute atomic E-state index is 0.0819. The lowest BCUT2D eigenvalue weighted by molar-refractivity contribution is -0.385. The van der Waals surface area contributed by atoms with Crippen LogP contribution in [0.3, 0.4) is 0 Å². The quantitative estimate of drug-likeness (QED) is 0.462. The van der Waals surface area contributed by atoms with E-state index in [4.69, 9.17) is 23.2 Å². The van der Waals surface area contributed by atoms with Crippen LogP contribution < -0.4 is 0 Å². The lowest BCUT2D eigenvalue weighted by atomic mass is 10.1. The van der Waals surface area contributed by atoms with Gasteiger partial charge in [-0.05, 0) is 25.0 Å². The van der Waals surface area contributed by atoms with Crippen molar-refractivity contribution in [2.45, 2.75) is 25.1 Å². The first-order valence-corrected chi connectivity index (χ1v) is 5.43. The number of nitro groups is 1. The first-order chi connectivity index (χ1) is 7.04. The van der Waals surface area contributed by atoms with Crippen LogP contribution in [0.15, 0.2) is 18.2 Å². The van der Waals surface area contributed by atoms with Gasteiger partial charge in [-0.2, -0.15) is 0 Å². The van der Waals surface area contributed by atoms with Crippen molar-refractivity contribution in [1.29, 1.82) is 0 Å². The van der Waals surface area contributed by atoms with Gasteiger partial charge in [0, 0.05) is 22.0 Å². The number of benzene rings is 1. The second kappa shape index (κ2) is 5.33. The fourth-order valence-electron chi connectivity index (χ4n) is 1.28. The van der Waals surface area contributed by atoms with E-state index in [0.29, 0.717) is 17.0 Å². The molecule has 1 atom stereocenters. The largest absolute Gasteiger partial charge is 0.272 e. The zero-order valence-electron chi connectivity index (χ0n) is 8.24. The molecule has 0 N–H and O–H groups in total. The Hall–Kier alpha value is -0.800. The fourth-order valence-corrected chi connectivity index (χ4v) is 1.64. The topological polar surface area (TPSA) is 43.1 Å². The van der Waals surface area contributed by atoms with E-state index in [2.05, 4.69) is 0 Å². The molecule has 1 aromatic carbocycles. The second-order valence-corrected chi connectivity index (χ2v) is 4.29. The SMILES string of the molecule is CCC(Cl)Cc1cc(Cl)ccc1[N+](=O)[O-]. The number of alkyl halides is 1. The van der Waals surface area contributed by atoms with Crippen molar-refractivity contribution in [1.82, 2.24) is 0 Å². The van der Waals surface area contributed by atoms with Crippen molar-refractivity contribution in [3.8, 4) is 0 Å². The van der Waals surface area contributed by atoms with Gasteiger partial charge in [0.05, 0.1) is 4.92 Å². The smallest absolute Gasteiger partial charge is 0.258 e. The van der Waals surface area contributed by atoms with E-state index in [0.717, 1.165) is 6.42 Å². The average Bonchev–Trinajstić information content (AvgIpc) is 2.17. The predicted octanol–water partition coefficient (Wildman–Crippen LogP) is 3.81. The van der Waals surface area contributed by atoms with Crippen LogP contribution in [0.5, 0.6) is 0 Å². The summed E-state index contributed by atoms with van der Waals surface area (Å²) in [5, 5.41) is 11.1. The molecule has 1 unspecified atom stereocenters. The Morgan fingerprint density at radius 2 is 2.20 bits per heavy atom. The summed E-state index contributed by atoms with van der Waals surface area (Å²) in [5.74, 6) is 0. The predicted molar refractivity (Wildman–Crippen MR) is 61.7 cm³/mol. The van der Waals surface area contributed by atoms with E-state index >= 15 is 0 Å². The van der Waals surface area contributed by atoms with Gasteiger partial charge in [0.1, 0.15) is 0 Å². The molecule has 0 heterocycles. The maximum atomic E-state index is 10.7. The Balaban J connectivity index is 3.02. The summed E-state index contributed by atoms with van der Waals surface area (Å²) in [6.45, 7) is 1.94. The zero-order valence-corrected chi connectivity index (χ0v) is 9.76. The standard InChI is InChI=1S/C10H11Cl2NO2/c1-2-8(11)5-7-6-9(12)3-4-10(7)13(14)15/h3-4,6,8H,2,5H2,1H3. The number of hydrogen-bond donors (Lipinski definition) is 0. The highest BCUT2D eigenvalue weighted by Gasteiger charge is 2.16. The van der Waals surface area contributed by atoms with Crippen LogP contribution in [0.1, 0.15) is 18.9 Å². The Bertz CT molecular complexity index is 368. The minimum Gasteiger partial charge on any atom is -0.258 e. The molecular weight excluding hydrogens is 237 g/mol. The molecule has 0 amide bonds. The van der Waals surface area contributed by atoms with Gasteiger partial charge in [-0.3, -0.25) is 10.1 Å². The molecule has 0 aliphatic rings. The van der Waals surface area contributed by atoms with Gasteiger partial charge in [-0.1, -0.05) is 18.5 Å². The summed E-state index contributed by atoms with van der Waals surface area (Å²) >= 11 is 11.7. The third-order valence-corrected chi connectivity index (χ3v) is 2.82. The molecule has 0 bridgehead atoms. The van der Waals surface area contributed by atoms with Crippen molar-refractivity contribution < 1.29 is 4.92 Å². The number of rotatable bonds is 4.